The first-order valence-electron chi connectivity index (χ1n) is 10.4. The SMILES string of the molecule is CCCc1c(C(=O)NCCN2C(=O)S/C(=C\c3ccc(F)cc3)C2=O)[nH]c(C)c1C(=O)OC. The van der Waals surface area contributed by atoms with E-state index < -0.39 is 28.8 Å². The average Bonchev–Trinajstić information content (AvgIpc) is 3.25. The largest absolute Gasteiger partial charge is 0.465 e. The number of ether oxygens (including phenoxy) is 1. The van der Waals surface area contributed by atoms with Crippen LogP contribution in [0.15, 0.2) is 29.2 Å². The average molecular weight is 474 g/mol. The van der Waals surface area contributed by atoms with Gasteiger partial charge in [-0.2, -0.15) is 0 Å². The van der Waals surface area contributed by atoms with Crippen molar-refractivity contribution in [3.8, 4) is 0 Å². The van der Waals surface area contributed by atoms with Crippen LogP contribution in [-0.2, 0) is 16.0 Å². The molecule has 1 aromatic carbocycles. The Hall–Kier alpha value is -3.40. The van der Waals surface area contributed by atoms with Crippen molar-refractivity contribution in [2.45, 2.75) is 26.7 Å². The number of methoxy groups -OCH3 is 1. The summed E-state index contributed by atoms with van der Waals surface area (Å²) < 4.78 is 17.9. The summed E-state index contributed by atoms with van der Waals surface area (Å²) in [7, 11) is 1.28. The zero-order chi connectivity index (χ0) is 24.1. The van der Waals surface area contributed by atoms with Crippen LogP contribution in [0.2, 0.25) is 0 Å². The van der Waals surface area contributed by atoms with Crippen molar-refractivity contribution in [2.75, 3.05) is 20.2 Å². The van der Waals surface area contributed by atoms with Gasteiger partial charge in [-0.3, -0.25) is 19.3 Å². The van der Waals surface area contributed by atoms with E-state index in [1.807, 2.05) is 6.92 Å². The first kappa shape index (κ1) is 24.2. The van der Waals surface area contributed by atoms with Crippen molar-refractivity contribution in [3.05, 3.63) is 63.1 Å². The van der Waals surface area contributed by atoms with Gasteiger partial charge in [-0.1, -0.05) is 25.5 Å². The maximum atomic E-state index is 13.1. The number of halogens is 1. The van der Waals surface area contributed by atoms with E-state index in [4.69, 9.17) is 4.74 Å². The minimum absolute atomic E-state index is 0.0101. The van der Waals surface area contributed by atoms with Gasteiger partial charge >= 0.3 is 5.97 Å². The fraction of sp³-hybridized carbons (Fsp3) is 0.304. The number of thioether (sulfide) groups is 1. The van der Waals surface area contributed by atoms with Crippen LogP contribution in [0.5, 0.6) is 0 Å². The second-order valence-corrected chi connectivity index (χ2v) is 8.35. The van der Waals surface area contributed by atoms with Crippen LogP contribution in [0.3, 0.4) is 0 Å². The van der Waals surface area contributed by atoms with Crippen molar-refractivity contribution < 1.29 is 28.3 Å². The van der Waals surface area contributed by atoms with E-state index in [1.54, 1.807) is 6.92 Å². The van der Waals surface area contributed by atoms with E-state index in [0.29, 0.717) is 28.8 Å². The number of benzene rings is 1. The van der Waals surface area contributed by atoms with Crippen molar-refractivity contribution in [1.29, 1.82) is 0 Å². The van der Waals surface area contributed by atoms with Crippen molar-refractivity contribution in [2.24, 2.45) is 0 Å². The molecule has 1 saturated heterocycles. The van der Waals surface area contributed by atoms with Gasteiger partial charge in [0.05, 0.1) is 17.6 Å². The number of hydrogen-bond acceptors (Lipinski definition) is 6. The van der Waals surface area contributed by atoms with Crippen LogP contribution in [0.25, 0.3) is 6.08 Å². The highest BCUT2D eigenvalue weighted by atomic mass is 32.2. The highest BCUT2D eigenvalue weighted by Gasteiger charge is 2.34. The van der Waals surface area contributed by atoms with Gasteiger partial charge in [-0.15, -0.1) is 0 Å². The molecule has 33 heavy (non-hydrogen) atoms. The number of hydrogen-bond donors (Lipinski definition) is 2. The summed E-state index contributed by atoms with van der Waals surface area (Å²) >= 11 is 0.791. The number of aryl methyl sites for hydroxylation is 1. The third kappa shape index (κ3) is 5.33. The number of imide groups is 1. The number of H-pyrrole nitrogens is 1. The van der Waals surface area contributed by atoms with Crippen molar-refractivity contribution >= 4 is 40.9 Å². The lowest BCUT2D eigenvalue weighted by atomic mass is 10.0. The van der Waals surface area contributed by atoms with Crippen LogP contribution < -0.4 is 5.32 Å². The second kappa shape index (κ2) is 10.5. The van der Waals surface area contributed by atoms with Gasteiger partial charge in [-0.05, 0) is 54.4 Å². The molecule has 1 aliphatic heterocycles. The summed E-state index contributed by atoms with van der Waals surface area (Å²) in [6.45, 7) is 3.65. The molecule has 0 atom stereocenters. The lowest BCUT2D eigenvalue weighted by Gasteiger charge is -2.13. The molecule has 2 N–H and O–H groups in total. The van der Waals surface area contributed by atoms with E-state index in [1.165, 1.54) is 37.5 Å². The lowest BCUT2D eigenvalue weighted by molar-refractivity contribution is -0.122. The topological polar surface area (TPSA) is 109 Å². The Labute approximate surface area is 194 Å². The zero-order valence-electron chi connectivity index (χ0n) is 18.5. The predicted molar refractivity (Wildman–Crippen MR) is 122 cm³/mol. The molecule has 3 rings (SSSR count). The summed E-state index contributed by atoms with van der Waals surface area (Å²) in [5.41, 5.74) is 2.32. The van der Waals surface area contributed by atoms with Crippen molar-refractivity contribution in [1.82, 2.24) is 15.2 Å². The summed E-state index contributed by atoms with van der Waals surface area (Å²) in [6.07, 6.45) is 2.75. The van der Waals surface area contributed by atoms with Crippen LogP contribution in [0.1, 0.15) is 51.0 Å². The fourth-order valence-corrected chi connectivity index (χ4v) is 4.39. The highest BCUT2D eigenvalue weighted by Crippen LogP contribution is 2.32. The Balaban J connectivity index is 1.66. The molecule has 0 radical (unpaired) electrons. The number of aromatic amines is 1. The lowest BCUT2D eigenvalue weighted by Crippen LogP contribution is -2.37. The van der Waals surface area contributed by atoms with Gasteiger partial charge in [0, 0.05) is 18.8 Å². The molecule has 0 unspecified atom stereocenters. The molecule has 3 amide bonds. The van der Waals surface area contributed by atoms with Crippen LogP contribution in [-0.4, -0.2) is 53.1 Å². The fourth-order valence-electron chi connectivity index (χ4n) is 3.52. The first-order valence-corrected chi connectivity index (χ1v) is 11.2. The molecular weight excluding hydrogens is 449 g/mol. The van der Waals surface area contributed by atoms with Gasteiger partial charge in [0.25, 0.3) is 17.1 Å². The third-order valence-electron chi connectivity index (χ3n) is 5.07. The molecule has 8 nitrogen and oxygen atoms in total. The van der Waals surface area contributed by atoms with Gasteiger partial charge in [0.2, 0.25) is 0 Å². The normalized spacial score (nSPS) is 14.8. The molecule has 0 spiro atoms. The first-order chi connectivity index (χ1) is 15.8. The summed E-state index contributed by atoms with van der Waals surface area (Å²) in [4.78, 5) is 54.0. The van der Waals surface area contributed by atoms with E-state index >= 15 is 0 Å². The van der Waals surface area contributed by atoms with Crippen molar-refractivity contribution in [3.63, 3.8) is 0 Å². The zero-order valence-corrected chi connectivity index (χ0v) is 19.3. The molecule has 0 aliphatic carbocycles. The van der Waals surface area contributed by atoms with Gasteiger partial charge < -0.3 is 15.0 Å². The van der Waals surface area contributed by atoms with Crippen LogP contribution in [0.4, 0.5) is 9.18 Å². The predicted octanol–water partition coefficient (Wildman–Crippen LogP) is 3.67. The van der Waals surface area contributed by atoms with E-state index in [9.17, 15) is 23.6 Å². The molecule has 1 aliphatic rings. The number of nitrogens with one attached hydrogen (secondary N) is 2. The Bertz CT molecular complexity index is 1120. The highest BCUT2D eigenvalue weighted by molar-refractivity contribution is 8.18. The maximum absolute atomic E-state index is 13.1. The molecule has 2 heterocycles. The molecule has 1 aromatic heterocycles. The third-order valence-corrected chi connectivity index (χ3v) is 5.98. The molecule has 1 fully saturated rings. The van der Waals surface area contributed by atoms with Gasteiger partial charge in [-0.25, -0.2) is 9.18 Å². The Morgan fingerprint density at radius 2 is 1.94 bits per heavy atom. The number of esters is 1. The molecule has 2 aromatic rings. The Kier molecular flexibility index (Phi) is 7.70. The van der Waals surface area contributed by atoms with Gasteiger partial charge in [0.15, 0.2) is 0 Å². The quantitative estimate of drug-likeness (QED) is 0.447. The van der Waals surface area contributed by atoms with Crippen LogP contribution in [0, 0.1) is 12.7 Å². The minimum Gasteiger partial charge on any atom is -0.465 e. The summed E-state index contributed by atoms with van der Waals surface area (Å²) in [6, 6.07) is 5.56. The van der Waals surface area contributed by atoms with E-state index in [0.717, 1.165) is 23.1 Å². The molecule has 174 valence electrons. The number of nitrogens with zero attached hydrogens (tertiary/aromatic N) is 1. The molecule has 10 heteroatoms. The summed E-state index contributed by atoms with van der Waals surface area (Å²) in [5.74, 6) is -1.82. The molecule has 0 bridgehead atoms. The number of carbonyl (C=O) groups excluding carboxylic acids is 4. The number of amides is 3. The monoisotopic (exact) mass is 473 g/mol. The number of aromatic nitrogens is 1. The molecular formula is C23H24FN3O5S. The molecule has 0 saturated carbocycles. The summed E-state index contributed by atoms with van der Waals surface area (Å²) in [5, 5.41) is 2.25. The number of rotatable bonds is 8. The smallest absolute Gasteiger partial charge is 0.339 e. The Morgan fingerprint density at radius 1 is 1.24 bits per heavy atom. The second-order valence-electron chi connectivity index (χ2n) is 7.36. The standard InChI is InChI=1S/C23H24FN3O5S/c1-4-5-16-18(22(30)32-3)13(2)26-19(16)20(28)25-10-11-27-21(29)17(33-23(27)31)12-14-6-8-15(24)9-7-14/h6-9,12,26H,4-5,10-11H2,1-3H3,(H,25,28)/b17-12-. The van der Waals surface area contributed by atoms with Gasteiger partial charge in [0.1, 0.15) is 11.5 Å². The number of carbonyl (C=O) groups is 4. The Morgan fingerprint density at radius 3 is 2.58 bits per heavy atom. The minimum atomic E-state index is -0.517. The maximum Gasteiger partial charge on any atom is 0.339 e. The van der Waals surface area contributed by atoms with E-state index in [-0.39, 0.29) is 23.7 Å². The van der Waals surface area contributed by atoms with Crippen LogP contribution >= 0.6 is 11.8 Å². The van der Waals surface area contributed by atoms with E-state index in [2.05, 4.69) is 10.3 Å².